The average molecular weight is 367 g/mol. The van der Waals surface area contributed by atoms with Gasteiger partial charge in [0, 0.05) is 9.75 Å². The molecule has 2 heterocycles. The molecule has 4 heteroatoms. The Labute approximate surface area is 156 Å². The highest BCUT2D eigenvalue weighted by molar-refractivity contribution is 7.12. The molecule has 0 unspecified atom stereocenters. The predicted octanol–water partition coefficient (Wildman–Crippen LogP) is 7.40. The summed E-state index contributed by atoms with van der Waals surface area (Å²) in [5, 5.41) is 2.39. The number of thiazole rings is 2. The minimum absolute atomic E-state index is 0.562. The number of aromatic nitrogens is 2. The summed E-state index contributed by atoms with van der Waals surface area (Å²) in [6.07, 6.45) is 0. The zero-order valence-electron chi connectivity index (χ0n) is 17.0. The molecule has 2 aromatic rings. The summed E-state index contributed by atoms with van der Waals surface area (Å²) in [6, 6.07) is 0. The molecule has 0 amide bonds. The van der Waals surface area contributed by atoms with Crippen molar-refractivity contribution in [2.75, 3.05) is 0 Å². The van der Waals surface area contributed by atoms with Gasteiger partial charge in [-0.3, -0.25) is 0 Å². The second-order valence-corrected chi connectivity index (χ2v) is 10.1. The van der Waals surface area contributed by atoms with Crippen LogP contribution in [0, 0.1) is 13.8 Å². The zero-order chi connectivity index (χ0) is 18.6. The fraction of sp³-hybridized carbons (Fsp3) is 0.700. The Balaban J connectivity index is 0.000000240. The molecule has 0 bridgehead atoms. The van der Waals surface area contributed by atoms with E-state index < -0.39 is 0 Å². The van der Waals surface area contributed by atoms with Crippen LogP contribution in [0.2, 0.25) is 0 Å². The Bertz CT molecular complexity index is 527. The van der Waals surface area contributed by atoms with Gasteiger partial charge in [-0.2, -0.15) is 0 Å². The van der Waals surface area contributed by atoms with Crippen molar-refractivity contribution in [3.63, 3.8) is 0 Å². The molecular weight excluding hydrogens is 332 g/mol. The van der Waals surface area contributed by atoms with Crippen molar-refractivity contribution < 1.29 is 0 Å². The summed E-state index contributed by atoms with van der Waals surface area (Å²) in [5.74, 6) is 2.36. The van der Waals surface area contributed by atoms with E-state index in [0.717, 1.165) is 0 Å². The van der Waals surface area contributed by atoms with Crippen LogP contribution in [0.4, 0.5) is 0 Å². The lowest BCUT2D eigenvalue weighted by Crippen LogP contribution is -1.94. The minimum Gasteiger partial charge on any atom is -0.246 e. The highest BCUT2D eigenvalue weighted by Crippen LogP contribution is 2.31. The third-order valence-corrected chi connectivity index (χ3v) is 6.29. The molecule has 0 spiro atoms. The van der Waals surface area contributed by atoms with E-state index in [1.807, 2.05) is 22.7 Å². The largest absolute Gasteiger partial charge is 0.246 e. The number of hydrogen-bond donors (Lipinski definition) is 0. The summed E-state index contributed by atoms with van der Waals surface area (Å²) < 4.78 is 0. The van der Waals surface area contributed by atoms with Crippen LogP contribution in [0.15, 0.2) is 0 Å². The Hall–Kier alpha value is -0.740. The van der Waals surface area contributed by atoms with E-state index in [-0.39, 0.29) is 0 Å². The summed E-state index contributed by atoms with van der Waals surface area (Å²) in [4.78, 5) is 12.0. The van der Waals surface area contributed by atoms with Gasteiger partial charge in [0.25, 0.3) is 0 Å². The van der Waals surface area contributed by atoms with E-state index in [1.165, 1.54) is 31.2 Å². The van der Waals surface area contributed by atoms with Gasteiger partial charge in [0.05, 0.1) is 21.4 Å². The molecule has 0 aliphatic carbocycles. The smallest absolute Gasteiger partial charge is 0.0900 e. The average Bonchev–Trinajstić information content (AvgIpc) is 3.03. The van der Waals surface area contributed by atoms with E-state index in [9.17, 15) is 0 Å². The summed E-state index contributed by atoms with van der Waals surface area (Å²) in [5.41, 5.74) is 2.60. The van der Waals surface area contributed by atoms with Crippen molar-refractivity contribution in [1.29, 1.82) is 0 Å². The van der Waals surface area contributed by atoms with Crippen LogP contribution in [0.3, 0.4) is 0 Å². The molecule has 0 N–H and O–H groups in total. The Kier molecular flexibility index (Phi) is 8.07. The molecule has 24 heavy (non-hydrogen) atoms. The monoisotopic (exact) mass is 366 g/mol. The molecule has 2 rings (SSSR count). The van der Waals surface area contributed by atoms with Gasteiger partial charge in [0.15, 0.2) is 0 Å². The van der Waals surface area contributed by atoms with Crippen molar-refractivity contribution in [3.05, 3.63) is 31.2 Å². The normalized spacial score (nSPS) is 11.6. The maximum Gasteiger partial charge on any atom is 0.0900 e. The van der Waals surface area contributed by atoms with E-state index in [4.69, 9.17) is 0 Å². The van der Waals surface area contributed by atoms with Crippen LogP contribution in [-0.4, -0.2) is 9.97 Å². The van der Waals surface area contributed by atoms with Crippen LogP contribution >= 0.6 is 22.7 Å². The third-order valence-electron chi connectivity index (χ3n) is 3.72. The predicted molar refractivity (Wildman–Crippen MR) is 110 cm³/mol. The zero-order valence-corrected chi connectivity index (χ0v) is 18.7. The summed E-state index contributed by atoms with van der Waals surface area (Å²) in [6.45, 7) is 21.9. The highest BCUT2D eigenvalue weighted by Gasteiger charge is 2.15. The van der Waals surface area contributed by atoms with Crippen molar-refractivity contribution in [3.8, 4) is 0 Å². The third kappa shape index (κ3) is 5.66. The Morgan fingerprint density at radius 2 is 0.833 bits per heavy atom. The second-order valence-electron chi connectivity index (χ2n) is 7.58. The lowest BCUT2D eigenvalue weighted by atomic mass is 10.0. The van der Waals surface area contributed by atoms with Gasteiger partial charge in [-0.15, -0.1) is 22.7 Å². The fourth-order valence-electron chi connectivity index (χ4n) is 2.57. The van der Waals surface area contributed by atoms with E-state index in [1.54, 1.807) is 0 Å². The number of hydrogen-bond acceptors (Lipinski definition) is 4. The maximum atomic E-state index is 4.55. The van der Waals surface area contributed by atoms with Gasteiger partial charge in [0.1, 0.15) is 0 Å². The number of rotatable bonds is 4. The molecule has 0 saturated heterocycles. The first-order chi connectivity index (χ1) is 11.0. The first kappa shape index (κ1) is 21.3. The summed E-state index contributed by atoms with van der Waals surface area (Å²) >= 11 is 3.68. The molecule has 2 aromatic heterocycles. The molecule has 2 nitrogen and oxygen atoms in total. The van der Waals surface area contributed by atoms with Crippen LogP contribution in [0.5, 0.6) is 0 Å². The van der Waals surface area contributed by atoms with E-state index in [0.29, 0.717) is 23.7 Å². The lowest BCUT2D eigenvalue weighted by Gasteiger charge is -2.07. The summed E-state index contributed by atoms with van der Waals surface area (Å²) in [7, 11) is 0. The van der Waals surface area contributed by atoms with Gasteiger partial charge < -0.3 is 0 Å². The van der Waals surface area contributed by atoms with Crippen molar-refractivity contribution in [1.82, 2.24) is 9.97 Å². The number of nitrogens with zero attached hydrogens (tertiary/aromatic N) is 2. The SMILES string of the molecule is Cc1nc(C(C)C)c(C(C)C)s1.Cc1nc(C(C)C)c(C(C)C)s1. The van der Waals surface area contributed by atoms with Gasteiger partial charge in [-0.05, 0) is 37.5 Å². The van der Waals surface area contributed by atoms with E-state index in [2.05, 4.69) is 79.2 Å². The van der Waals surface area contributed by atoms with Gasteiger partial charge in [-0.25, -0.2) is 9.97 Å². The van der Waals surface area contributed by atoms with Gasteiger partial charge in [-0.1, -0.05) is 55.4 Å². The van der Waals surface area contributed by atoms with Crippen LogP contribution in [0.25, 0.3) is 0 Å². The van der Waals surface area contributed by atoms with Gasteiger partial charge in [0.2, 0.25) is 0 Å². The fourth-order valence-corrected chi connectivity index (χ4v) is 4.74. The molecule has 0 radical (unpaired) electrons. The molecule has 0 aromatic carbocycles. The Morgan fingerprint density at radius 1 is 0.542 bits per heavy atom. The van der Waals surface area contributed by atoms with Crippen LogP contribution in [0.1, 0.15) is 110 Å². The standard InChI is InChI=1S/2C10H17NS/c2*1-6(2)9-10(7(3)4)12-8(5)11-9/h2*6-7H,1-5H3. The maximum absolute atomic E-state index is 4.55. The molecule has 136 valence electrons. The topological polar surface area (TPSA) is 25.8 Å². The van der Waals surface area contributed by atoms with Crippen LogP contribution < -0.4 is 0 Å². The quantitative estimate of drug-likeness (QED) is 0.563. The van der Waals surface area contributed by atoms with Crippen molar-refractivity contribution in [2.45, 2.75) is 92.9 Å². The molecule has 0 saturated carbocycles. The van der Waals surface area contributed by atoms with Gasteiger partial charge >= 0.3 is 0 Å². The van der Waals surface area contributed by atoms with Crippen LogP contribution in [-0.2, 0) is 0 Å². The van der Waals surface area contributed by atoms with Crippen molar-refractivity contribution in [2.24, 2.45) is 0 Å². The molecule has 0 aliphatic heterocycles. The second kappa shape index (κ2) is 9.10. The lowest BCUT2D eigenvalue weighted by molar-refractivity contribution is 0.778. The Morgan fingerprint density at radius 3 is 1.00 bits per heavy atom. The highest BCUT2D eigenvalue weighted by atomic mass is 32.1. The minimum atomic E-state index is 0.562. The molecule has 0 atom stereocenters. The first-order valence-corrected chi connectivity index (χ1v) is 10.6. The number of aryl methyl sites for hydroxylation is 2. The molecule has 0 fully saturated rings. The molecule has 0 aliphatic rings. The van der Waals surface area contributed by atoms with E-state index >= 15 is 0 Å². The van der Waals surface area contributed by atoms with Crippen molar-refractivity contribution >= 4 is 22.7 Å². The first-order valence-electron chi connectivity index (χ1n) is 8.98. The molecular formula is C20H34N2S2.